The molecular weight excluding hydrogens is 214 g/mol. The van der Waals surface area contributed by atoms with Gasteiger partial charge in [0.05, 0.1) is 6.61 Å². The Hall–Kier alpha value is -1.45. The van der Waals surface area contributed by atoms with Crippen molar-refractivity contribution in [1.82, 2.24) is 0 Å². The SMILES string of the molecule is CCOC(=O)CCc1ccc(C(F)F)cc1. The predicted molar refractivity (Wildman–Crippen MR) is 56.4 cm³/mol. The predicted octanol–water partition coefficient (Wildman–Crippen LogP) is 3.12. The van der Waals surface area contributed by atoms with Gasteiger partial charge in [0.15, 0.2) is 0 Å². The van der Waals surface area contributed by atoms with Crippen LogP contribution in [0.2, 0.25) is 0 Å². The molecule has 0 aliphatic carbocycles. The lowest BCUT2D eigenvalue weighted by Gasteiger charge is -2.03. The van der Waals surface area contributed by atoms with Gasteiger partial charge in [-0.25, -0.2) is 8.78 Å². The largest absolute Gasteiger partial charge is 0.466 e. The van der Waals surface area contributed by atoms with E-state index in [-0.39, 0.29) is 18.0 Å². The molecule has 88 valence electrons. The van der Waals surface area contributed by atoms with Crippen molar-refractivity contribution in [2.24, 2.45) is 0 Å². The number of carbonyl (C=O) groups excluding carboxylic acids is 1. The number of halogens is 2. The van der Waals surface area contributed by atoms with Crippen molar-refractivity contribution in [2.45, 2.75) is 26.2 Å². The molecule has 0 bridgehead atoms. The van der Waals surface area contributed by atoms with Crippen molar-refractivity contribution in [2.75, 3.05) is 6.61 Å². The highest BCUT2D eigenvalue weighted by Crippen LogP contribution is 2.19. The summed E-state index contributed by atoms with van der Waals surface area (Å²) in [6, 6.07) is 5.98. The highest BCUT2D eigenvalue weighted by molar-refractivity contribution is 5.69. The third-order valence-corrected chi connectivity index (χ3v) is 2.15. The first kappa shape index (κ1) is 12.6. The lowest BCUT2D eigenvalue weighted by Crippen LogP contribution is -2.05. The molecule has 2 nitrogen and oxygen atoms in total. The minimum absolute atomic E-state index is 0.000107. The molecule has 0 saturated carbocycles. The Bertz CT molecular complexity index is 333. The quantitative estimate of drug-likeness (QED) is 0.724. The van der Waals surface area contributed by atoms with E-state index in [4.69, 9.17) is 4.74 Å². The van der Waals surface area contributed by atoms with Crippen LogP contribution in [0.4, 0.5) is 8.78 Å². The Labute approximate surface area is 93.2 Å². The maximum Gasteiger partial charge on any atom is 0.306 e. The fourth-order valence-corrected chi connectivity index (χ4v) is 1.31. The van der Waals surface area contributed by atoms with Crippen LogP contribution in [0.3, 0.4) is 0 Å². The Balaban J connectivity index is 2.46. The van der Waals surface area contributed by atoms with Crippen LogP contribution in [0.1, 0.15) is 30.9 Å². The summed E-state index contributed by atoms with van der Waals surface area (Å²) < 4.78 is 29.2. The molecule has 16 heavy (non-hydrogen) atoms. The van der Waals surface area contributed by atoms with Gasteiger partial charge in [-0.1, -0.05) is 24.3 Å². The van der Waals surface area contributed by atoms with E-state index < -0.39 is 6.43 Å². The Morgan fingerprint density at radius 2 is 1.94 bits per heavy atom. The molecule has 0 heterocycles. The van der Waals surface area contributed by atoms with Crippen molar-refractivity contribution in [3.63, 3.8) is 0 Å². The molecule has 0 N–H and O–H groups in total. The van der Waals surface area contributed by atoms with E-state index >= 15 is 0 Å². The van der Waals surface area contributed by atoms with E-state index in [0.29, 0.717) is 13.0 Å². The van der Waals surface area contributed by atoms with Gasteiger partial charge in [0.2, 0.25) is 0 Å². The maximum atomic E-state index is 12.2. The topological polar surface area (TPSA) is 26.3 Å². The molecule has 1 rings (SSSR count). The molecule has 1 aromatic carbocycles. The zero-order chi connectivity index (χ0) is 12.0. The van der Waals surface area contributed by atoms with Crippen LogP contribution in [0.25, 0.3) is 0 Å². The number of rotatable bonds is 5. The number of esters is 1. The van der Waals surface area contributed by atoms with Gasteiger partial charge in [0.1, 0.15) is 0 Å². The first-order valence-corrected chi connectivity index (χ1v) is 5.16. The van der Waals surface area contributed by atoms with E-state index in [1.165, 1.54) is 12.1 Å². The number of aryl methyl sites for hydroxylation is 1. The standard InChI is InChI=1S/C12H14F2O2/c1-2-16-11(15)8-5-9-3-6-10(7-4-9)12(13)14/h3-4,6-7,12H,2,5,8H2,1H3. The zero-order valence-corrected chi connectivity index (χ0v) is 9.08. The number of alkyl halides is 2. The Morgan fingerprint density at radius 1 is 1.31 bits per heavy atom. The van der Waals surface area contributed by atoms with Crippen molar-refractivity contribution >= 4 is 5.97 Å². The first-order chi connectivity index (χ1) is 7.63. The summed E-state index contributed by atoms with van der Waals surface area (Å²) in [7, 11) is 0. The summed E-state index contributed by atoms with van der Waals surface area (Å²) in [5, 5.41) is 0. The van der Waals surface area contributed by atoms with Crippen molar-refractivity contribution < 1.29 is 18.3 Å². The normalized spacial score (nSPS) is 10.5. The average Bonchev–Trinajstić information content (AvgIpc) is 2.27. The number of carbonyl (C=O) groups is 1. The lowest BCUT2D eigenvalue weighted by atomic mass is 10.1. The molecule has 0 aliphatic heterocycles. The lowest BCUT2D eigenvalue weighted by molar-refractivity contribution is -0.143. The van der Waals surface area contributed by atoms with Crippen LogP contribution < -0.4 is 0 Å². The fraction of sp³-hybridized carbons (Fsp3) is 0.417. The summed E-state index contributed by atoms with van der Waals surface area (Å²) in [5.41, 5.74) is 0.859. The molecule has 4 heteroatoms. The van der Waals surface area contributed by atoms with E-state index in [9.17, 15) is 13.6 Å². The van der Waals surface area contributed by atoms with Gasteiger partial charge in [-0.2, -0.15) is 0 Å². The van der Waals surface area contributed by atoms with Gasteiger partial charge in [0.25, 0.3) is 6.43 Å². The summed E-state index contributed by atoms with van der Waals surface area (Å²) in [5.74, 6) is -0.263. The summed E-state index contributed by atoms with van der Waals surface area (Å²) >= 11 is 0. The monoisotopic (exact) mass is 228 g/mol. The Kier molecular flexibility index (Phi) is 4.89. The van der Waals surface area contributed by atoms with Crippen molar-refractivity contribution in [3.8, 4) is 0 Å². The molecule has 0 unspecified atom stereocenters. The van der Waals surface area contributed by atoms with Crippen LogP contribution in [-0.2, 0) is 16.0 Å². The van der Waals surface area contributed by atoms with E-state index in [0.717, 1.165) is 5.56 Å². The molecule has 1 aromatic rings. The highest BCUT2D eigenvalue weighted by atomic mass is 19.3. The maximum absolute atomic E-state index is 12.2. The van der Waals surface area contributed by atoms with Crippen LogP contribution in [-0.4, -0.2) is 12.6 Å². The van der Waals surface area contributed by atoms with Gasteiger partial charge in [-0.15, -0.1) is 0 Å². The molecular formula is C12H14F2O2. The molecule has 0 saturated heterocycles. The second-order valence-corrected chi connectivity index (χ2v) is 3.35. The van der Waals surface area contributed by atoms with E-state index in [1.807, 2.05) is 0 Å². The summed E-state index contributed by atoms with van der Waals surface area (Å²) in [6.07, 6.45) is -1.65. The van der Waals surface area contributed by atoms with E-state index in [2.05, 4.69) is 0 Å². The molecule has 0 amide bonds. The summed E-state index contributed by atoms with van der Waals surface area (Å²) in [4.78, 5) is 11.0. The zero-order valence-electron chi connectivity index (χ0n) is 9.08. The number of hydrogen-bond donors (Lipinski definition) is 0. The van der Waals surface area contributed by atoms with Gasteiger partial charge in [-0.3, -0.25) is 4.79 Å². The first-order valence-electron chi connectivity index (χ1n) is 5.16. The fourth-order valence-electron chi connectivity index (χ4n) is 1.31. The van der Waals surface area contributed by atoms with Gasteiger partial charge in [0, 0.05) is 12.0 Å². The number of hydrogen-bond acceptors (Lipinski definition) is 2. The van der Waals surface area contributed by atoms with Crippen molar-refractivity contribution in [3.05, 3.63) is 35.4 Å². The molecule has 0 aliphatic rings. The van der Waals surface area contributed by atoms with Crippen LogP contribution in [0.15, 0.2) is 24.3 Å². The average molecular weight is 228 g/mol. The van der Waals surface area contributed by atoms with Crippen molar-refractivity contribution in [1.29, 1.82) is 0 Å². The molecule has 0 radical (unpaired) electrons. The van der Waals surface area contributed by atoms with Crippen LogP contribution in [0, 0.1) is 0 Å². The highest BCUT2D eigenvalue weighted by Gasteiger charge is 2.07. The summed E-state index contributed by atoms with van der Waals surface area (Å²) in [6.45, 7) is 2.11. The second-order valence-electron chi connectivity index (χ2n) is 3.35. The van der Waals surface area contributed by atoms with Gasteiger partial charge in [-0.05, 0) is 18.9 Å². The number of benzene rings is 1. The third-order valence-electron chi connectivity index (χ3n) is 2.15. The van der Waals surface area contributed by atoms with Gasteiger partial charge >= 0.3 is 5.97 Å². The minimum Gasteiger partial charge on any atom is -0.466 e. The molecule has 0 fully saturated rings. The second kappa shape index (κ2) is 6.20. The third kappa shape index (κ3) is 3.96. The Morgan fingerprint density at radius 3 is 2.44 bits per heavy atom. The van der Waals surface area contributed by atoms with Crippen LogP contribution >= 0.6 is 0 Å². The minimum atomic E-state index is -2.45. The van der Waals surface area contributed by atoms with Crippen LogP contribution in [0.5, 0.6) is 0 Å². The molecule has 0 atom stereocenters. The van der Waals surface area contributed by atoms with Gasteiger partial charge < -0.3 is 4.74 Å². The smallest absolute Gasteiger partial charge is 0.306 e. The molecule has 0 aromatic heterocycles. The number of ether oxygens (including phenoxy) is 1. The molecule has 0 spiro atoms. The van der Waals surface area contributed by atoms with E-state index in [1.54, 1.807) is 19.1 Å².